The highest BCUT2D eigenvalue weighted by Gasteiger charge is 2.34. The van der Waals surface area contributed by atoms with Crippen LogP contribution in [0.3, 0.4) is 0 Å². The van der Waals surface area contributed by atoms with Gasteiger partial charge in [-0.15, -0.1) is 0 Å². The summed E-state index contributed by atoms with van der Waals surface area (Å²) in [6, 6.07) is 0. The van der Waals surface area contributed by atoms with Crippen molar-refractivity contribution in [1.82, 2.24) is 10.2 Å². The standard InChI is InChI=1S/C14H30N2/c1-4-7-8-9-11-16-12-10-15-13-14(16,5-2)6-3/h15H,4-13H2,1-3H3. The monoisotopic (exact) mass is 226 g/mol. The second-order valence-corrected chi connectivity index (χ2v) is 5.16. The van der Waals surface area contributed by atoms with Crippen molar-refractivity contribution in [2.24, 2.45) is 0 Å². The Bertz CT molecular complexity index is 176. The van der Waals surface area contributed by atoms with E-state index in [0.717, 1.165) is 0 Å². The molecule has 0 aromatic heterocycles. The molecule has 0 atom stereocenters. The molecule has 0 saturated carbocycles. The van der Waals surface area contributed by atoms with Crippen LogP contribution in [0.1, 0.15) is 59.3 Å². The largest absolute Gasteiger partial charge is 0.314 e. The SMILES string of the molecule is CCCCCCN1CCNCC1(CC)CC. The summed E-state index contributed by atoms with van der Waals surface area (Å²) in [6.07, 6.45) is 8.10. The number of unbranched alkanes of at least 4 members (excludes halogenated alkanes) is 3. The van der Waals surface area contributed by atoms with Crippen LogP contribution in [-0.2, 0) is 0 Å². The first-order chi connectivity index (χ1) is 7.79. The maximum absolute atomic E-state index is 3.57. The van der Waals surface area contributed by atoms with E-state index in [4.69, 9.17) is 0 Å². The molecule has 1 aliphatic heterocycles. The van der Waals surface area contributed by atoms with Crippen LogP contribution in [0.5, 0.6) is 0 Å². The molecule has 16 heavy (non-hydrogen) atoms. The topological polar surface area (TPSA) is 15.3 Å². The third-order valence-electron chi connectivity index (χ3n) is 4.28. The second kappa shape index (κ2) is 7.29. The number of rotatable bonds is 7. The maximum Gasteiger partial charge on any atom is 0.0329 e. The zero-order valence-corrected chi connectivity index (χ0v) is 11.5. The van der Waals surface area contributed by atoms with Crippen molar-refractivity contribution >= 4 is 0 Å². The van der Waals surface area contributed by atoms with Crippen molar-refractivity contribution in [1.29, 1.82) is 0 Å². The zero-order valence-electron chi connectivity index (χ0n) is 11.5. The fourth-order valence-corrected chi connectivity index (χ4v) is 2.91. The molecule has 0 amide bonds. The van der Waals surface area contributed by atoms with E-state index in [2.05, 4.69) is 31.0 Å². The van der Waals surface area contributed by atoms with E-state index in [0.29, 0.717) is 5.54 Å². The normalized spacial score (nSPS) is 21.2. The van der Waals surface area contributed by atoms with Crippen molar-refractivity contribution in [3.8, 4) is 0 Å². The molecule has 1 heterocycles. The van der Waals surface area contributed by atoms with Gasteiger partial charge in [0, 0.05) is 25.2 Å². The summed E-state index contributed by atoms with van der Waals surface area (Å²) in [4.78, 5) is 2.75. The van der Waals surface area contributed by atoms with Crippen LogP contribution < -0.4 is 5.32 Å². The van der Waals surface area contributed by atoms with E-state index in [1.165, 1.54) is 64.7 Å². The molecule has 0 spiro atoms. The van der Waals surface area contributed by atoms with Crippen LogP contribution in [0.4, 0.5) is 0 Å². The lowest BCUT2D eigenvalue weighted by atomic mass is 9.88. The quantitative estimate of drug-likeness (QED) is 0.671. The minimum atomic E-state index is 0.449. The van der Waals surface area contributed by atoms with Crippen LogP contribution in [0.25, 0.3) is 0 Å². The van der Waals surface area contributed by atoms with E-state index < -0.39 is 0 Å². The summed E-state index contributed by atoms with van der Waals surface area (Å²) >= 11 is 0. The molecular formula is C14H30N2. The van der Waals surface area contributed by atoms with Gasteiger partial charge in [0.25, 0.3) is 0 Å². The molecule has 1 rings (SSSR count). The van der Waals surface area contributed by atoms with Gasteiger partial charge in [0.05, 0.1) is 0 Å². The lowest BCUT2D eigenvalue weighted by Gasteiger charge is -2.47. The number of piperazine rings is 1. The molecule has 1 aliphatic rings. The van der Waals surface area contributed by atoms with Crippen LogP contribution in [-0.4, -0.2) is 36.6 Å². The number of nitrogens with one attached hydrogen (secondary N) is 1. The van der Waals surface area contributed by atoms with Gasteiger partial charge in [0.1, 0.15) is 0 Å². The van der Waals surface area contributed by atoms with Crippen molar-refractivity contribution < 1.29 is 0 Å². The lowest BCUT2D eigenvalue weighted by molar-refractivity contribution is 0.0505. The van der Waals surface area contributed by atoms with Gasteiger partial charge >= 0.3 is 0 Å². The van der Waals surface area contributed by atoms with Gasteiger partial charge in [0.2, 0.25) is 0 Å². The molecule has 0 aromatic carbocycles. The third kappa shape index (κ3) is 3.46. The maximum atomic E-state index is 3.57. The summed E-state index contributed by atoms with van der Waals surface area (Å²) in [7, 11) is 0. The summed E-state index contributed by atoms with van der Waals surface area (Å²) in [5.41, 5.74) is 0.449. The Morgan fingerprint density at radius 1 is 1.06 bits per heavy atom. The highest BCUT2D eigenvalue weighted by molar-refractivity contribution is 4.93. The predicted molar refractivity (Wildman–Crippen MR) is 71.9 cm³/mol. The van der Waals surface area contributed by atoms with Gasteiger partial charge in [-0.05, 0) is 25.8 Å². The summed E-state index contributed by atoms with van der Waals surface area (Å²) in [5, 5.41) is 3.57. The Balaban J connectivity index is 2.40. The minimum absolute atomic E-state index is 0.449. The van der Waals surface area contributed by atoms with E-state index in [-0.39, 0.29) is 0 Å². The van der Waals surface area contributed by atoms with Gasteiger partial charge in [-0.25, -0.2) is 0 Å². The summed E-state index contributed by atoms with van der Waals surface area (Å²) in [5.74, 6) is 0. The molecule has 96 valence electrons. The van der Waals surface area contributed by atoms with Crippen molar-refractivity contribution in [2.45, 2.75) is 64.8 Å². The average Bonchev–Trinajstić information content (AvgIpc) is 2.35. The number of hydrogen-bond acceptors (Lipinski definition) is 2. The average molecular weight is 226 g/mol. The molecule has 0 radical (unpaired) electrons. The molecule has 2 heteroatoms. The fourth-order valence-electron chi connectivity index (χ4n) is 2.91. The first-order valence-electron chi connectivity index (χ1n) is 7.25. The van der Waals surface area contributed by atoms with Gasteiger partial charge in [-0.3, -0.25) is 4.90 Å². The summed E-state index contributed by atoms with van der Waals surface area (Å²) < 4.78 is 0. The van der Waals surface area contributed by atoms with E-state index in [1.807, 2.05) is 0 Å². The van der Waals surface area contributed by atoms with Crippen LogP contribution in [0, 0.1) is 0 Å². The Morgan fingerprint density at radius 3 is 2.44 bits per heavy atom. The lowest BCUT2D eigenvalue weighted by Crippen LogP contribution is -2.60. The van der Waals surface area contributed by atoms with Crippen LogP contribution in [0.2, 0.25) is 0 Å². The van der Waals surface area contributed by atoms with Gasteiger partial charge < -0.3 is 5.32 Å². The molecule has 1 fully saturated rings. The van der Waals surface area contributed by atoms with Crippen molar-refractivity contribution in [3.05, 3.63) is 0 Å². The van der Waals surface area contributed by atoms with E-state index in [9.17, 15) is 0 Å². The minimum Gasteiger partial charge on any atom is -0.314 e. The number of hydrogen-bond donors (Lipinski definition) is 1. The van der Waals surface area contributed by atoms with Crippen molar-refractivity contribution in [2.75, 3.05) is 26.2 Å². The van der Waals surface area contributed by atoms with Crippen LogP contribution >= 0.6 is 0 Å². The zero-order chi connectivity index (χ0) is 11.9. The van der Waals surface area contributed by atoms with Crippen molar-refractivity contribution in [3.63, 3.8) is 0 Å². The molecule has 0 unspecified atom stereocenters. The van der Waals surface area contributed by atoms with Gasteiger partial charge in [-0.2, -0.15) is 0 Å². The third-order valence-corrected chi connectivity index (χ3v) is 4.28. The smallest absolute Gasteiger partial charge is 0.0329 e. The van der Waals surface area contributed by atoms with Gasteiger partial charge in [0.15, 0.2) is 0 Å². The fraction of sp³-hybridized carbons (Fsp3) is 1.00. The Morgan fingerprint density at radius 2 is 1.81 bits per heavy atom. The molecule has 0 aromatic rings. The Hall–Kier alpha value is -0.0800. The first kappa shape index (κ1) is 14.0. The first-order valence-corrected chi connectivity index (χ1v) is 7.25. The summed E-state index contributed by atoms with van der Waals surface area (Å²) in [6.45, 7) is 11.9. The van der Waals surface area contributed by atoms with Crippen LogP contribution in [0.15, 0.2) is 0 Å². The highest BCUT2D eigenvalue weighted by atomic mass is 15.3. The molecule has 0 aliphatic carbocycles. The molecule has 2 nitrogen and oxygen atoms in total. The molecule has 1 saturated heterocycles. The molecular weight excluding hydrogens is 196 g/mol. The Labute approximate surface area is 102 Å². The second-order valence-electron chi connectivity index (χ2n) is 5.16. The molecule has 1 N–H and O–H groups in total. The Kier molecular flexibility index (Phi) is 6.37. The highest BCUT2D eigenvalue weighted by Crippen LogP contribution is 2.25. The predicted octanol–water partition coefficient (Wildman–Crippen LogP) is 3.03. The van der Waals surface area contributed by atoms with E-state index in [1.54, 1.807) is 0 Å². The van der Waals surface area contributed by atoms with Gasteiger partial charge in [-0.1, -0.05) is 40.0 Å². The van der Waals surface area contributed by atoms with E-state index >= 15 is 0 Å². The molecule has 0 bridgehead atoms. The number of nitrogens with zero attached hydrogens (tertiary/aromatic N) is 1.